The van der Waals surface area contributed by atoms with Crippen LogP contribution in [0.4, 0.5) is 0 Å². The average Bonchev–Trinajstić information content (AvgIpc) is 3.06. The van der Waals surface area contributed by atoms with Crippen LogP contribution in [0.1, 0.15) is 26.4 Å². The van der Waals surface area contributed by atoms with Crippen LogP contribution in [-0.4, -0.2) is 12.5 Å². The van der Waals surface area contributed by atoms with Crippen LogP contribution in [0.5, 0.6) is 0 Å². The Bertz CT molecular complexity index is 639. The van der Waals surface area contributed by atoms with E-state index in [1.807, 2.05) is 30.3 Å². The van der Waals surface area contributed by atoms with E-state index in [2.05, 4.69) is 10.6 Å². The lowest BCUT2D eigenvalue weighted by Crippen LogP contribution is -2.25. The summed E-state index contributed by atoms with van der Waals surface area (Å²) < 4.78 is 0.789. The van der Waals surface area contributed by atoms with E-state index in [0.717, 1.165) is 29.4 Å². The maximum Gasteiger partial charge on any atom is 0.251 e. The van der Waals surface area contributed by atoms with Crippen molar-refractivity contribution >= 4 is 28.8 Å². The fraction of sp³-hybridized carbons (Fsp3) is 0.267. The van der Waals surface area contributed by atoms with Gasteiger partial charge in [-0.15, -0.1) is 11.3 Å². The van der Waals surface area contributed by atoms with Crippen LogP contribution in [-0.2, 0) is 19.5 Å². The molecular formula is C15H15ClN2OS. The first kappa shape index (κ1) is 13.6. The van der Waals surface area contributed by atoms with E-state index < -0.39 is 0 Å². The quantitative estimate of drug-likeness (QED) is 0.912. The van der Waals surface area contributed by atoms with Crippen molar-refractivity contribution in [2.75, 3.05) is 6.54 Å². The molecule has 0 bridgehead atoms. The van der Waals surface area contributed by atoms with Crippen LogP contribution in [0.3, 0.4) is 0 Å². The van der Waals surface area contributed by atoms with Crippen LogP contribution in [0, 0.1) is 0 Å². The first-order valence-electron chi connectivity index (χ1n) is 6.57. The molecule has 1 aromatic heterocycles. The van der Waals surface area contributed by atoms with Gasteiger partial charge in [0, 0.05) is 30.1 Å². The minimum absolute atomic E-state index is 0.0117. The van der Waals surface area contributed by atoms with Gasteiger partial charge in [-0.3, -0.25) is 4.79 Å². The molecule has 0 radical (unpaired) electrons. The highest BCUT2D eigenvalue weighted by Gasteiger charge is 2.13. The van der Waals surface area contributed by atoms with E-state index in [4.69, 9.17) is 11.6 Å². The van der Waals surface area contributed by atoms with Gasteiger partial charge in [0.1, 0.15) is 0 Å². The van der Waals surface area contributed by atoms with Gasteiger partial charge in [-0.05, 0) is 41.8 Å². The molecule has 0 atom stereocenters. The third-order valence-corrected chi connectivity index (χ3v) is 4.68. The first-order chi connectivity index (χ1) is 9.72. The minimum Gasteiger partial charge on any atom is -0.352 e. The zero-order valence-corrected chi connectivity index (χ0v) is 12.5. The van der Waals surface area contributed by atoms with Crippen molar-refractivity contribution in [3.05, 3.63) is 56.2 Å². The SMILES string of the molecule is O=C(NCCc1ccc(Cl)s1)c1ccc2c(c1)CNC2. The number of rotatable bonds is 4. The second-order valence-corrected chi connectivity index (χ2v) is 6.60. The average molecular weight is 307 g/mol. The summed E-state index contributed by atoms with van der Waals surface area (Å²) in [6.07, 6.45) is 0.815. The number of fused-ring (bicyclic) bond motifs is 1. The van der Waals surface area contributed by atoms with Gasteiger partial charge < -0.3 is 10.6 Å². The molecule has 1 amide bonds. The van der Waals surface area contributed by atoms with E-state index in [-0.39, 0.29) is 5.91 Å². The lowest BCUT2D eigenvalue weighted by atomic mass is 10.1. The number of benzene rings is 1. The van der Waals surface area contributed by atoms with Gasteiger partial charge in [-0.1, -0.05) is 17.7 Å². The summed E-state index contributed by atoms with van der Waals surface area (Å²) in [7, 11) is 0. The van der Waals surface area contributed by atoms with Gasteiger partial charge in [0.05, 0.1) is 4.34 Å². The molecule has 0 saturated carbocycles. The monoisotopic (exact) mass is 306 g/mol. The Hall–Kier alpha value is -1.36. The molecule has 1 aliphatic heterocycles. The molecule has 104 valence electrons. The second kappa shape index (κ2) is 5.95. The maximum atomic E-state index is 12.1. The molecule has 0 saturated heterocycles. The standard InChI is InChI=1S/C15H15ClN2OS/c16-14-4-3-13(20-14)5-6-18-15(19)10-1-2-11-8-17-9-12(11)7-10/h1-4,7,17H,5-6,8-9H2,(H,18,19). The normalized spacial score (nSPS) is 13.2. The highest BCUT2D eigenvalue weighted by Crippen LogP contribution is 2.21. The summed E-state index contributed by atoms with van der Waals surface area (Å²) in [6, 6.07) is 9.79. The number of nitrogens with one attached hydrogen (secondary N) is 2. The second-order valence-electron chi connectivity index (χ2n) is 4.80. The van der Waals surface area contributed by atoms with E-state index in [9.17, 15) is 4.79 Å². The summed E-state index contributed by atoms with van der Waals surface area (Å²) in [4.78, 5) is 13.3. The molecule has 0 fully saturated rings. The number of halogens is 1. The van der Waals surface area contributed by atoms with Crippen LogP contribution in [0.25, 0.3) is 0 Å². The van der Waals surface area contributed by atoms with Gasteiger partial charge in [0.2, 0.25) is 0 Å². The highest BCUT2D eigenvalue weighted by atomic mass is 35.5. The van der Waals surface area contributed by atoms with Gasteiger partial charge in [-0.25, -0.2) is 0 Å². The van der Waals surface area contributed by atoms with E-state index in [1.165, 1.54) is 16.0 Å². The van der Waals surface area contributed by atoms with Crippen molar-refractivity contribution in [3.8, 4) is 0 Å². The predicted molar refractivity (Wildman–Crippen MR) is 82.4 cm³/mol. The molecule has 0 aliphatic carbocycles. The molecule has 3 rings (SSSR count). The fourth-order valence-corrected chi connectivity index (χ4v) is 3.41. The number of carbonyl (C=O) groups is 1. The van der Waals surface area contributed by atoms with E-state index in [1.54, 1.807) is 11.3 Å². The van der Waals surface area contributed by atoms with Crippen LogP contribution >= 0.6 is 22.9 Å². The molecule has 5 heteroatoms. The Morgan fingerprint density at radius 2 is 2.10 bits per heavy atom. The van der Waals surface area contributed by atoms with Crippen molar-refractivity contribution in [1.82, 2.24) is 10.6 Å². The van der Waals surface area contributed by atoms with Gasteiger partial charge in [0.25, 0.3) is 5.91 Å². The summed E-state index contributed by atoms with van der Waals surface area (Å²) in [5, 5.41) is 6.23. The maximum absolute atomic E-state index is 12.1. The van der Waals surface area contributed by atoms with Crippen molar-refractivity contribution in [2.45, 2.75) is 19.5 Å². The number of hydrogen-bond donors (Lipinski definition) is 2. The number of amides is 1. The van der Waals surface area contributed by atoms with E-state index in [0.29, 0.717) is 6.54 Å². The van der Waals surface area contributed by atoms with Crippen molar-refractivity contribution in [2.24, 2.45) is 0 Å². The first-order valence-corrected chi connectivity index (χ1v) is 7.77. The van der Waals surface area contributed by atoms with E-state index >= 15 is 0 Å². The zero-order chi connectivity index (χ0) is 13.9. The van der Waals surface area contributed by atoms with Gasteiger partial charge >= 0.3 is 0 Å². The summed E-state index contributed by atoms with van der Waals surface area (Å²) in [5.74, 6) is -0.0117. The number of hydrogen-bond acceptors (Lipinski definition) is 3. The van der Waals surface area contributed by atoms with Gasteiger partial charge in [-0.2, -0.15) is 0 Å². The summed E-state index contributed by atoms with van der Waals surface area (Å²) in [5.41, 5.74) is 3.24. The molecular weight excluding hydrogens is 292 g/mol. The van der Waals surface area contributed by atoms with Crippen molar-refractivity contribution in [1.29, 1.82) is 0 Å². The Labute approximate surface area is 127 Å². The van der Waals surface area contributed by atoms with Gasteiger partial charge in [0.15, 0.2) is 0 Å². The van der Waals surface area contributed by atoms with Crippen LogP contribution in [0.2, 0.25) is 4.34 Å². The zero-order valence-electron chi connectivity index (χ0n) is 10.9. The molecule has 3 nitrogen and oxygen atoms in total. The fourth-order valence-electron chi connectivity index (χ4n) is 2.32. The van der Waals surface area contributed by atoms with Crippen LogP contribution < -0.4 is 10.6 Å². The number of thiophene rings is 1. The largest absolute Gasteiger partial charge is 0.352 e. The topological polar surface area (TPSA) is 41.1 Å². The Morgan fingerprint density at radius 1 is 1.25 bits per heavy atom. The summed E-state index contributed by atoms with van der Waals surface area (Å²) in [6.45, 7) is 2.38. The number of carbonyl (C=O) groups excluding carboxylic acids is 1. The molecule has 2 N–H and O–H groups in total. The Balaban J connectivity index is 1.56. The summed E-state index contributed by atoms with van der Waals surface area (Å²) >= 11 is 7.43. The molecule has 1 aliphatic rings. The smallest absolute Gasteiger partial charge is 0.251 e. The van der Waals surface area contributed by atoms with Crippen molar-refractivity contribution < 1.29 is 4.79 Å². The molecule has 2 heterocycles. The lowest BCUT2D eigenvalue weighted by Gasteiger charge is -2.06. The molecule has 20 heavy (non-hydrogen) atoms. The Morgan fingerprint density at radius 3 is 2.90 bits per heavy atom. The third-order valence-electron chi connectivity index (χ3n) is 3.39. The predicted octanol–water partition coefficient (Wildman–Crippen LogP) is 2.98. The molecule has 0 unspecified atom stereocenters. The molecule has 1 aromatic carbocycles. The lowest BCUT2D eigenvalue weighted by molar-refractivity contribution is 0.0954. The van der Waals surface area contributed by atoms with Crippen LogP contribution in [0.15, 0.2) is 30.3 Å². The minimum atomic E-state index is -0.0117. The third kappa shape index (κ3) is 3.03. The Kier molecular flexibility index (Phi) is 4.05. The van der Waals surface area contributed by atoms with Crippen molar-refractivity contribution in [3.63, 3.8) is 0 Å². The molecule has 2 aromatic rings. The highest BCUT2D eigenvalue weighted by molar-refractivity contribution is 7.16. The molecule has 0 spiro atoms.